The quantitative estimate of drug-likeness (QED) is 0.694. The van der Waals surface area contributed by atoms with Gasteiger partial charge in [0.1, 0.15) is 0 Å². The van der Waals surface area contributed by atoms with Crippen molar-refractivity contribution in [3.63, 3.8) is 0 Å². The molecule has 0 aliphatic carbocycles. The standard InChI is InChI=1S/C14H27N3/c1-5-7-8-9-14(3,4)12-16-13-15-10-11-17(13)6-2/h10-11H,5-9,12H2,1-4H3,(H,15,16). The second-order valence-electron chi connectivity index (χ2n) is 5.51. The minimum Gasteiger partial charge on any atom is -0.355 e. The van der Waals surface area contributed by atoms with Gasteiger partial charge in [-0.25, -0.2) is 4.98 Å². The number of rotatable bonds is 8. The number of anilines is 1. The van der Waals surface area contributed by atoms with Gasteiger partial charge in [0.15, 0.2) is 0 Å². The molecule has 0 spiro atoms. The van der Waals surface area contributed by atoms with Crippen molar-refractivity contribution in [2.45, 2.75) is 59.9 Å². The van der Waals surface area contributed by atoms with Crippen LogP contribution in [-0.2, 0) is 6.54 Å². The summed E-state index contributed by atoms with van der Waals surface area (Å²) >= 11 is 0. The van der Waals surface area contributed by atoms with Crippen molar-refractivity contribution in [3.05, 3.63) is 12.4 Å². The summed E-state index contributed by atoms with van der Waals surface area (Å²) in [5.74, 6) is 0.996. The fourth-order valence-electron chi connectivity index (χ4n) is 1.99. The highest BCUT2D eigenvalue weighted by molar-refractivity contribution is 5.26. The van der Waals surface area contributed by atoms with Crippen LogP contribution in [0, 0.1) is 5.41 Å². The Hall–Kier alpha value is -0.990. The maximum Gasteiger partial charge on any atom is 0.202 e. The Bertz CT molecular complexity index is 315. The lowest BCUT2D eigenvalue weighted by atomic mass is 9.87. The van der Waals surface area contributed by atoms with Gasteiger partial charge >= 0.3 is 0 Å². The summed E-state index contributed by atoms with van der Waals surface area (Å²) in [7, 11) is 0. The zero-order valence-corrected chi connectivity index (χ0v) is 11.8. The Labute approximate surface area is 106 Å². The van der Waals surface area contributed by atoms with Gasteiger partial charge < -0.3 is 9.88 Å². The van der Waals surface area contributed by atoms with Crippen LogP contribution in [0.4, 0.5) is 5.95 Å². The average Bonchev–Trinajstić information content (AvgIpc) is 2.74. The number of nitrogens with zero attached hydrogens (tertiary/aromatic N) is 2. The Morgan fingerprint density at radius 2 is 2.06 bits per heavy atom. The molecule has 0 radical (unpaired) electrons. The summed E-state index contributed by atoms with van der Waals surface area (Å²) in [5, 5.41) is 3.46. The summed E-state index contributed by atoms with van der Waals surface area (Å²) < 4.78 is 2.14. The molecule has 0 amide bonds. The SMILES string of the molecule is CCCCCC(C)(C)CNc1nccn1CC. The van der Waals surface area contributed by atoms with E-state index >= 15 is 0 Å². The van der Waals surface area contributed by atoms with Gasteiger partial charge in [0.2, 0.25) is 5.95 Å². The summed E-state index contributed by atoms with van der Waals surface area (Å²) in [5.41, 5.74) is 0.347. The number of nitrogens with one attached hydrogen (secondary N) is 1. The third-order valence-electron chi connectivity index (χ3n) is 3.24. The van der Waals surface area contributed by atoms with E-state index in [2.05, 4.69) is 42.6 Å². The van der Waals surface area contributed by atoms with E-state index in [4.69, 9.17) is 0 Å². The van der Waals surface area contributed by atoms with Crippen LogP contribution in [0.15, 0.2) is 12.4 Å². The number of imidazole rings is 1. The first kappa shape index (κ1) is 14.1. The van der Waals surface area contributed by atoms with Crippen molar-refractivity contribution in [1.82, 2.24) is 9.55 Å². The molecule has 1 aromatic rings. The molecule has 0 aliphatic heterocycles. The van der Waals surface area contributed by atoms with Crippen LogP contribution < -0.4 is 5.32 Å². The summed E-state index contributed by atoms with van der Waals surface area (Å²) in [6.45, 7) is 11.0. The molecule has 0 unspecified atom stereocenters. The molecular formula is C14H27N3. The van der Waals surface area contributed by atoms with E-state index in [0.29, 0.717) is 5.41 Å². The van der Waals surface area contributed by atoms with E-state index in [9.17, 15) is 0 Å². The Morgan fingerprint density at radius 1 is 1.29 bits per heavy atom. The monoisotopic (exact) mass is 237 g/mol. The molecule has 0 saturated heterocycles. The van der Waals surface area contributed by atoms with Gasteiger partial charge in [-0.15, -0.1) is 0 Å². The van der Waals surface area contributed by atoms with E-state index in [-0.39, 0.29) is 0 Å². The van der Waals surface area contributed by atoms with Crippen LogP contribution in [0.2, 0.25) is 0 Å². The molecule has 0 aromatic carbocycles. The fourth-order valence-corrected chi connectivity index (χ4v) is 1.99. The largest absolute Gasteiger partial charge is 0.355 e. The van der Waals surface area contributed by atoms with Gasteiger partial charge in [-0.3, -0.25) is 0 Å². The topological polar surface area (TPSA) is 29.9 Å². The Morgan fingerprint density at radius 3 is 2.71 bits per heavy atom. The van der Waals surface area contributed by atoms with Crippen molar-refractivity contribution in [1.29, 1.82) is 0 Å². The first-order valence-electron chi connectivity index (χ1n) is 6.84. The van der Waals surface area contributed by atoms with Crippen LogP contribution >= 0.6 is 0 Å². The van der Waals surface area contributed by atoms with Gasteiger partial charge in [-0.1, -0.05) is 40.0 Å². The summed E-state index contributed by atoms with van der Waals surface area (Å²) in [4.78, 5) is 4.34. The van der Waals surface area contributed by atoms with Crippen molar-refractivity contribution in [3.8, 4) is 0 Å². The van der Waals surface area contributed by atoms with Crippen molar-refractivity contribution >= 4 is 5.95 Å². The second-order valence-corrected chi connectivity index (χ2v) is 5.51. The third-order valence-corrected chi connectivity index (χ3v) is 3.24. The molecule has 0 saturated carbocycles. The van der Waals surface area contributed by atoms with Gasteiger partial charge in [0.05, 0.1) is 0 Å². The second kappa shape index (κ2) is 6.67. The maximum atomic E-state index is 4.34. The van der Waals surface area contributed by atoms with E-state index in [1.807, 2.05) is 12.4 Å². The Kier molecular flexibility index (Phi) is 5.52. The minimum atomic E-state index is 0.347. The van der Waals surface area contributed by atoms with Crippen LogP contribution in [0.1, 0.15) is 53.4 Å². The lowest BCUT2D eigenvalue weighted by Crippen LogP contribution is -2.24. The smallest absolute Gasteiger partial charge is 0.202 e. The normalized spacial score (nSPS) is 11.8. The molecule has 1 aromatic heterocycles. The predicted octanol–water partition coefficient (Wildman–Crippen LogP) is 3.92. The molecule has 98 valence electrons. The average molecular weight is 237 g/mol. The summed E-state index contributed by atoms with van der Waals surface area (Å²) in [6.07, 6.45) is 9.12. The van der Waals surface area contributed by atoms with Gasteiger partial charge in [-0.2, -0.15) is 0 Å². The van der Waals surface area contributed by atoms with Crippen LogP contribution in [0.5, 0.6) is 0 Å². The van der Waals surface area contributed by atoms with E-state index in [1.165, 1.54) is 25.7 Å². The molecule has 17 heavy (non-hydrogen) atoms. The zero-order chi connectivity index (χ0) is 12.7. The minimum absolute atomic E-state index is 0.347. The number of aromatic nitrogens is 2. The molecular weight excluding hydrogens is 210 g/mol. The zero-order valence-electron chi connectivity index (χ0n) is 11.8. The molecule has 0 aliphatic rings. The van der Waals surface area contributed by atoms with E-state index < -0.39 is 0 Å². The highest BCUT2D eigenvalue weighted by Crippen LogP contribution is 2.24. The van der Waals surface area contributed by atoms with E-state index in [1.54, 1.807) is 0 Å². The number of hydrogen-bond donors (Lipinski definition) is 1. The van der Waals surface area contributed by atoms with Gasteiger partial charge in [-0.05, 0) is 18.8 Å². The predicted molar refractivity (Wildman–Crippen MR) is 74.3 cm³/mol. The lowest BCUT2D eigenvalue weighted by molar-refractivity contribution is 0.341. The molecule has 3 heteroatoms. The maximum absolute atomic E-state index is 4.34. The number of hydrogen-bond acceptors (Lipinski definition) is 2. The first-order valence-corrected chi connectivity index (χ1v) is 6.84. The molecule has 1 N–H and O–H groups in total. The molecule has 1 rings (SSSR count). The lowest BCUT2D eigenvalue weighted by Gasteiger charge is -2.25. The number of unbranched alkanes of at least 4 members (excludes halogenated alkanes) is 2. The van der Waals surface area contributed by atoms with Crippen molar-refractivity contribution < 1.29 is 0 Å². The highest BCUT2D eigenvalue weighted by atomic mass is 15.2. The molecule has 0 bridgehead atoms. The highest BCUT2D eigenvalue weighted by Gasteiger charge is 2.17. The van der Waals surface area contributed by atoms with Crippen LogP contribution in [0.3, 0.4) is 0 Å². The van der Waals surface area contributed by atoms with Crippen LogP contribution in [-0.4, -0.2) is 16.1 Å². The summed E-state index contributed by atoms with van der Waals surface area (Å²) in [6, 6.07) is 0. The fraction of sp³-hybridized carbons (Fsp3) is 0.786. The van der Waals surface area contributed by atoms with Crippen LogP contribution in [0.25, 0.3) is 0 Å². The Balaban J connectivity index is 2.38. The molecule has 3 nitrogen and oxygen atoms in total. The molecule has 1 heterocycles. The van der Waals surface area contributed by atoms with E-state index in [0.717, 1.165) is 19.0 Å². The van der Waals surface area contributed by atoms with Crippen molar-refractivity contribution in [2.75, 3.05) is 11.9 Å². The first-order chi connectivity index (χ1) is 8.09. The molecule has 0 fully saturated rings. The van der Waals surface area contributed by atoms with Crippen molar-refractivity contribution in [2.24, 2.45) is 5.41 Å². The van der Waals surface area contributed by atoms with Gasteiger partial charge in [0, 0.05) is 25.5 Å². The third kappa shape index (κ3) is 4.80. The van der Waals surface area contributed by atoms with Gasteiger partial charge in [0.25, 0.3) is 0 Å². The molecule has 0 atom stereocenters. The number of aryl methyl sites for hydroxylation is 1.